The molecule has 1 aliphatic heterocycles. The van der Waals surface area contributed by atoms with E-state index >= 15 is 0 Å². The minimum absolute atomic E-state index is 0.0274. The molecule has 0 atom stereocenters. The van der Waals surface area contributed by atoms with Crippen molar-refractivity contribution in [1.82, 2.24) is 0 Å². The predicted octanol–water partition coefficient (Wildman–Crippen LogP) is 1.14. The zero-order chi connectivity index (χ0) is 10.1. The number of nitro benzene ring substituents is 1. The highest BCUT2D eigenvalue weighted by Gasteiger charge is 2.27. The number of rotatable bonds is 2. The first-order valence-corrected chi connectivity index (χ1v) is 3.76. The van der Waals surface area contributed by atoms with Crippen LogP contribution in [0.4, 0.5) is 5.69 Å². The van der Waals surface area contributed by atoms with Gasteiger partial charge in [0.05, 0.1) is 10.5 Å². The molecule has 0 spiro atoms. The Morgan fingerprint density at radius 3 is 2.71 bits per heavy atom. The minimum Gasteiger partial charge on any atom is -0.453 e. The summed E-state index contributed by atoms with van der Waals surface area (Å²) in [6.07, 6.45) is 0.567. The van der Waals surface area contributed by atoms with Crippen molar-refractivity contribution in [2.75, 3.05) is 6.79 Å². The standard InChI is InChI=1S/C8H5NO5/c10-3-5-1-2-6(9(11)12)8-7(5)13-4-14-8/h1-3H,4H2. The van der Waals surface area contributed by atoms with Gasteiger partial charge in [-0.05, 0) is 6.07 Å². The van der Waals surface area contributed by atoms with E-state index in [4.69, 9.17) is 9.47 Å². The number of benzene rings is 1. The van der Waals surface area contributed by atoms with Gasteiger partial charge in [-0.25, -0.2) is 0 Å². The molecule has 0 fully saturated rings. The highest BCUT2D eigenvalue weighted by atomic mass is 16.7. The molecule has 72 valence electrons. The van der Waals surface area contributed by atoms with Gasteiger partial charge in [0.2, 0.25) is 12.5 Å². The first-order valence-electron chi connectivity index (χ1n) is 3.76. The fourth-order valence-electron chi connectivity index (χ4n) is 1.24. The molecular weight excluding hydrogens is 190 g/mol. The van der Waals surface area contributed by atoms with E-state index in [0.717, 1.165) is 0 Å². The molecular formula is C8H5NO5. The Bertz CT molecular complexity index is 414. The van der Waals surface area contributed by atoms with Gasteiger partial charge in [-0.15, -0.1) is 0 Å². The molecule has 1 aromatic carbocycles. The van der Waals surface area contributed by atoms with Crippen LogP contribution in [0.15, 0.2) is 12.1 Å². The lowest BCUT2D eigenvalue weighted by Gasteiger charge is -1.99. The summed E-state index contributed by atoms with van der Waals surface area (Å²) >= 11 is 0. The average Bonchev–Trinajstić information content (AvgIpc) is 2.64. The van der Waals surface area contributed by atoms with Crippen LogP contribution in [0, 0.1) is 10.1 Å². The Morgan fingerprint density at radius 2 is 2.07 bits per heavy atom. The number of hydrogen-bond donors (Lipinski definition) is 0. The van der Waals surface area contributed by atoms with Gasteiger partial charge in [-0.1, -0.05) is 0 Å². The molecule has 0 radical (unpaired) electrons. The van der Waals surface area contributed by atoms with Crippen LogP contribution in [0.1, 0.15) is 10.4 Å². The van der Waals surface area contributed by atoms with Crippen LogP contribution in [0.25, 0.3) is 0 Å². The van der Waals surface area contributed by atoms with Gasteiger partial charge >= 0.3 is 5.69 Å². The van der Waals surface area contributed by atoms with E-state index < -0.39 is 4.92 Å². The molecule has 6 heteroatoms. The van der Waals surface area contributed by atoms with Crippen LogP contribution in [0.2, 0.25) is 0 Å². The van der Waals surface area contributed by atoms with E-state index in [1.165, 1.54) is 12.1 Å². The van der Waals surface area contributed by atoms with Crippen LogP contribution in [-0.2, 0) is 0 Å². The molecule has 0 bridgehead atoms. The largest absolute Gasteiger partial charge is 0.453 e. The third kappa shape index (κ3) is 1.08. The number of aldehydes is 1. The fraction of sp³-hybridized carbons (Fsp3) is 0.125. The molecule has 0 saturated heterocycles. The molecule has 6 nitrogen and oxygen atoms in total. The minimum atomic E-state index is -0.581. The van der Waals surface area contributed by atoms with Crippen LogP contribution in [0.3, 0.4) is 0 Å². The normalized spacial score (nSPS) is 12.6. The average molecular weight is 195 g/mol. The predicted molar refractivity (Wildman–Crippen MR) is 44.6 cm³/mol. The second kappa shape index (κ2) is 2.99. The van der Waals surface area contributed by atoms with E-state index in [0.29, 0.717) is 6.29 Å². The maximum absolute atomic E-state index is 10.5. The van der Waals surface area contributed by atoms with E-state index in [9.17, 15) is 14.9 Å². The molecule has 14 heavy (non-hydrogen) atoms. The highest BCUT2D eigenvalue weighted by molar-refractivity contribution is 5.83. The van der Waals surface area contributed by atoms with Crippen LogP contribution in [-0.4, -0.2) is 18.0 Å². The van der Waals surface area contributed by atoms with Crippen LogP contribution in [0.5, 0.6) is 11.5 Å². The van der Waals surface area contributed by atoms with Crippen molar-refractivity contribution in [1.29, 1.82) is 0 Å². The molecule has 1 aromatic rings. The Kier molecular flexibility index (Phi) is 1.81. The lowest BCUT2D eigenvalue weighted by atomic mass is 10.2. The quantitative estimate of drug-likeness (QED) is 0.401. The van der Waals surface area contributed by atoms with Gasteiger partial charge in [0.1, 0.15) is 0 Å². The Balaban J connectivity index is 2.64. The van der Waals surface area contributed by atoms with Crippen molar-refractivity contribution >= 4 is 12.0 Å². The third-order valence-corrected chi connectivity index (χ3v) is 1.85. The molecule has 0 unspecified atom stereocenters. The molecule has 2 rings (SSSR count). The summed E-state index contributed by atoms with van der Waals surface area (Å²) in [5.41, 5.74) is 0.0613. The van der Waals surface area contributed by atoms with Crippen molar-refractivity contribution in [2.24, 2.45) is 0 Å². The first-order chi connectivity index (χ1) is 6.74. The zero-order valence-electron chi connectivity index (χ0n) is 6.93. The molecule has 1 aliphatic rings. The van der Waals surface area contributed by atoms with Gasteiger partial charge in [0.25, 0.3) is 0 Å². The van der Waals surface area contributed by atoms with E-state index in [-0.39, 0.29) is 29.5 Å². The topological polar surface area (TPSA) is 78.7 Å². The molecule has 0 aliphatic carbocycles. The zero-order valence-corrected chi connectivity index (χ0v) is 6.93. The molecule has 1 heterocycles. The lowest BCUT2D eigenvalue weighted by Crippen LogP contribution is -1.94. The van der Waals surface area contributed by atoms with E-state index in [1.54, 1.807) is 0 Å². The first kappa shape index (κ1) is 8.49. The second-order valence-electron chi connectivity index (χ2n) is 2.61. The smallest absolute Gasteiger partial charge is 0.315 e. The second-order valence-corrected chi connectivity index (χ2v) is 2.61. The summed E-state index contributed by atoms with van der Waals surface area (Å²) in [6.45, 7) is -0.0962. The fourth-order valence-corrected chi connectivity index (χ4v) is 1.24. The highest BCUT2D eigenvalue weighted by Crippen LogP contribution is 2.42. The number of ether oxygens (including phenoxy) is 2. The summed E-state index contributed by atoms with van der Waals surface area (Å²) < 4.78 is 9.86. The monoisotopic (exact) mass is 195 g/mol. The van der Waals surface area contributed by atoms with E-state index in [2.05, 4.69) is 0 Å². The maximum Gasteiger partial charge on any atom is 0.315 e. The number of carbonyl (C=O) groups is 1. The number of nitro groups is 1. The summed E-state index contributed by atoms with van der Waals surface area (Å²) in [5.74, 6) is 0.175. The summed E-state index contributed by atoms with van der Waals surface area (Å²) in [5, 5.41) is 10.5. The van der Waals surface area contributed by atoms with Gasteiger partial charge in [0, 0.05) is 6.07 Å². The van der Waals surface area contributed by atoms with Crippen molar-refractivity contribution in [3.05, 3.63) is 27.8 Å². The molecule has 0 saturated carbocycles. The number of hydrogen-bond acceptors (Lipinski definition) is 5. The Labute approximate surface area is 78.2 Å². The van der Waals surface area contributed by atoms with Crippen LogP contribution >= 0.6 is 0 Å². The number of nitrogens with zero attached hydrogens (tertiary/aromatic N) is 1. The maximum atomic E-state index is 10.5. The number of carbonyl (C=O) groups excluding carboxylic acids is 1. The van der Waals surface area contributed by atoms with Gasteiger partial charge in [-0.2, -0.15) is 0 Å². The Morgan fingerprint density at radius 1 is 1.36 bits per heavy atom. The van der Waals surface area contributed by atoms with Crippen molar-refractivity contribution in [3.63, 3.8) is 0 Å². The van der Waals surface area contributed by atoms with Crippen molar-refractivity contribution in [3.8, 4) is 11.5 Å². The van der Waals surface area contributed by atoms with Gasteiger partial charge < -0.3 is 9.47 Å². The summed E-state index contributed by atoms with van der Waals surface area (Å²) in [7, 11) is 0. The van der Waals surface area contributed by atoms with Gasteiger partial charge in [-0.3, -0.25) is 14.9 Å². The molecule has 0 amide bonds. The molecule has 0 N–H and O–H groups in total. The summed E-state index contributed by atoms with van der Waals surface area (Å²) in [6, 6.07) is 2.55. The SMILES string of the molecule is O=Cc1ccc([N+](=O)[O-])c2c1OCO2. The number of fused-ring (bicyclic) bond motifs is 1. The lowest BCUT2D eigenvalue weighted by molar-refractivity contribution is -0.385. The van der Waals surface area contributed by atoms with Crippen molar-refractivity contribution in [2.45, 2.75) is 0 Å². The van der Waals surface area contributed by atoms with Crippen LogP contribution < -0.4 is 9.47 Å². The van der Waals surface area contributed by atoms with Gasteiger partial charge in [0.15, 0.2) is 12.0 Å². The summed E-state index contributed by atoms with van der Waals surface area (Å²) in [4.78, 5) is 20.5. The Hall–Kier alpha value is -2.11. The van der Waals surface area contributed by atoms with E-state index in [1.807, 2.05) is 0 Å². The molecule has 0 aromatic heterocycles. The van der Waals surface area contributed by atoms with Crippen molar-refractivity contribution < 1.29 is 19.2 Å². The third-order valence-electron chi connectivity index (χ3n) is 1.85.